The van der Waals surface area contributed by atoms with Crippen LogP contribution in [0.1, 0.15) is 32.8 Å². The fraction of sp³-hybridized carbons (Fsp3) is 0.600. The highest BCUT2D eigenvalue weighted by molar-refractivity contribution is 6.30. The van der Waals surface area contributed by atoms with Crippen molar-refractivity contribution in [1.29, 1.82) is 0 Å². The summed E-state index contributed by atoms with van der Waals surface area (Å²) in [5.41, 5.74) is 0.157. The van der Waals surface area contributed by atoms with E-state index in [0.717, 1.165) is 17.9 Å². The third-order valence-corrected chi connectivity index (χ3v) is 3.26. The Morgan fingerprint density at radius 2 is 2.11 bits per heavy atom. The Hall–Kier alpha value is -0.770. The van der Waals surface area contributed by atoms with Gasteiger partial charge in [0.2, 0.25) is 0 Å². The van der Waals surface area contributed by atoms with Crippen LogP contribution in [0.5, 0.6) is 5.75 Å². The second-order valence-corrected chi connectivity index (χ2v) is 5.93. The molecule has 1 unspecified atom stereocenters. The van der Waals surface area contributed by atoms with Gasteiger partial charge >= 0.3 is 0 Å². The number of methoxy groups -OCH3 is 1. The van der Waals surface area contributed by atoms with Crippen LogP contribution in [-0.4, -0.2) is 30.4 Å². The van der Waals surface area contributed by atoms with E-state index in [1.807, 2.05) is 19.1 Å². The van der Waals surface area contributed by atoms with Crippen LogP contribution < -0.4 is 10.1 Å². The van der Waals surface area contributed by atoms with Gasteiger partial charge in [0, 0.05) is 17.5 Å². The molecule has 1 rings (SSSR count). The first-order valence-electron chi connectivity index (χ1n) is 6.62. The molecule has 0 saturated heterocycles. The van der Waals surface area contributed by atoms with E-state index in [4.69, 9.17) is 16.3 Å². The smallest absolute Gasteiger partial charge is 0.122 e. The Kier molecular flexibility index (Phi) is 6.11. The molecule has 108 valence electrons. The van der Waals surface area contributed by atoms with Crippen molar-refractivity contribution in [2.24, 2.45) is 0 Å². The number of halogens is 1. The maximum Gasteiger partial charge on any atom is 0.122 e. The fourth-order valence-corrected chi connectivity index (χ4v) is 2.21. The number of aliphatic hydroxyl groups is 1. The van der Waals surface area contributed by atoms with Gasteiger partial charge in [-0.3, -0.25) is 0 Å². The Labute approximate surface area is 120 Å². The molecule has 0 aliphatic rings. The average molecular weight is 286 g/mol. The monoisotopic (exact) mass is 285 g/mol. The lowest BCUT2D eigenvalue weighted by molar-refractivity contribution is 0.0505. The molecule has 0 spiro atoms. The molecule has 4 heteroatoms. The highest BCUT2D eigenvalue weighted by Crippen LogP contribution is 2.27. The van der Waals surface area contributed by atoms with Crippen molar-refractivity contribution in [3.63, 3.8) is 0 Å². The second-order valence-electron chi connectivity index (χ2n) is 5.49. The predicted octanol–water partition coefficient (Wildman–Crippen LogP) is 3.03. The van der Waals surface area contributed by atoms with Crippen molar-refractivity contribution in [2.45, 2.75) is 45.3 Å². The maximum absolute atomic E-state index is 10.5. The van der Waals surface area contributed by atoms with Gasteiger partial charge in [0.25, 0.3) is 0 Å². The van der Waals surface area contributed by atoms with E-state index >= 15 is 0 Å². The Morgan fingerprint density at radius 3 is 2.68 bits per heavy atom. The molecule has 0 bridgehead atoms. The third kappa shape index (κ3) is 5.81. The molecule has 0 amide bonds. The lowest BCUT2D eigenvalue weighted by Gasteiger charge is -2.25. The molecular weight excluding hydrogens is 262 g/mol. The molecular formula is C15H24ClNO2. The van der Waals surface area contributed by atoms with Gasteiger partial charge in [-0.2, -0.15) is 0 Å². The van der Waals surface area contributed by atoms with E-state index in [0.29, 0.717) is 23.9 Å². The minimum atomic E-state index is -0.778. The molecule has 19 heavy (non-hydrogen) atoms. The summed E-state index contributed by atoms with van der Waals surface area (Å²) in [5.74, 6) is 0.765. The zero-order chi connectivity index (χ0) is 14.5. The summed E-state index contributed by atoms with van der Waals surface area (Å²) >= 11 is 6.00. The Bertz CT molecular complexity index is 405. The van der Waals surface area contributed by atoms with Crippen molar-refractivity contribution in [1.82, 2.24) is 5.32 Å². The Morgan fingerprint density at radius 1 is 1.42 bits per heavy atom. The van der Waals surface area contributed by atoms with Gasteiger partial charge in [-0.25, -0.2) is 0 Å². The minimum Gasteiger partial charge on any atom is -0.496 e. The van der Waals surface area contributed by atoms with Crippen LogP contribution in [0.15, 0.2) is 18.2 Å². The predicted molar refractivity (Wildman–Crippen MR) is 80.1 cm³/mol. The van der Waals surface area contributed by atoms with E-state index in [9.17, 15) is 5.11 Å². The fourth-order valence-electron chi connectivity index (χ4n) is 2.01. The number of benzene rings is 1. The number of hydrogen-bond donors (Lipinski definition) is 2. The number of hydrogen-bond acceptors (Lipinski definition) is 3. The maximum atomic E-state index is 10.5. The molecule has 3 nitrogen and oxygen atoms in total. The zero-order valence-electron chi connectivity index (χ0n) is 12.2. The quantitative estimate of drug-likeness (QED) is 0.809. The summed E-state index contributed by atoms with van der Waals surface area (Å²) in [6.07, 6.45) is 1.21. The van der Waals surface area contributed by atoms with Crippen molar-refractivity contribution < 1.29 is 9.84 Å². The summed E-state index contributed by atoms with van der Waals surface area (Å²) in [6, 6.07) is 5.90. The number of nitrogens with one attached hydrogen (secondary N) is 1. The molecule has 0 aliphatic carbocycles. The molecule has 1 aromatic rings. The van der Waals surface area contributed by atoms with Crippen LogP contribution >= 0.6 is 11.6 Å². The number of ether oxygens (including phenoxy) is 1. The van der Waals surface area contributed by atoms with Crippen molar-refractivity contribution in [2.75, 3.05) is 13.7 Å². The summed E-state index contributed by atoms with van der Waals surface area (Å²) in [6.45, 7) is 6.81. The van der Waals surface area contributed by atoms with Crippen LogP contribution in [0.25, 0.3) is 0 Å². The summed E-state index contributed by atoms with van der Waals surface area (Å²) < 4.78 is 5.30. The van der Waals surface area contributed by atoms with Crippen LogP contribution in [0.2, 0.25) is 5.02 Å². The van der Waals surface area contributed by atoms with E-state index in [1.165, 1.54) is 0 Å². The van der Waals surface area contributed by atoms with Gasteiger partial charge < -0.3 is 15.2 Å². The summed E-state index contributed by atoms with van der Waals surface area (Å²) in [4.78, 5) is 0. The van der Waals surface area contributed by atoms with Crippen LogP contribution in [0.3, 0.4) is 0 Å². The summed E-state index contributed by atoms with van der Waals surface area (Å²) in [7, 11) is 1.63. The molecule has 1 aromatic carbocycles. The van der Waals surface area contributed by atoms with Crippen molar-refractivity contribution in [3.8, 4) is 5.75 Å². The average Bonchev–Trinajstić information content (AvgIpc) is 2.27. The van der Waals surface area contributed by atoms with E-state index in [-0.39, 0.29) is 0 Å². The first kappa shape index (κ1) is 16.3. The molecule has 0 aromatic heterocycles. The molecule has 0 heterocycles. The molecule has 0 saturated carbocycles. The topological polar surface area (TPSA) is 41.5 Å². The van der Waals surface area contributed by atoms with Gasteiger partial charge in [-0.1, -0.05) is 25.4 Å². The summed E-state index contributed by atoms with van der Waals surface area (Å²) in [5, 5.41) is 14.4. The first-order chi connectivity index (χ1) is 8.84. The van der Waals surface area contributed by atoms with Crippen molar-refractivity contribution >= 4 is 11.6 Å². The number of rotatable bonds is 7. The Balaban J connectivity index is 2.68. The lowest BCUT2D eigenvalue weighted by Crippen LogP contribution is -2.34. The van der Waals surface area contributed by atoms with Gasteiger partial charge in [0.1, 0.15) is 5.75 Å². The standard InChI is InChI=1S/C15H24ClNO2/c1-11(2)17-8-7-15(3,18)10-12-9-13(16)5-6-14(12)19-4/h5-6,9,11,17-18H,7-8,10H2,1-4H3. The van der Waals surface area contributed by atoms with E-state index in [2.05, 4.69) is 19.2 Å². The van der Waals surface area contributed by atoms with Crippen LogP contribution in [-0.2, 0) is 6.42 Å². The highest BCUT2D eigenvalue weighted by Gasteiger charge is 2.22. The lowest BCUT2D eigenvalue weighted by atomic mass is 9.92. The largest absolute Gasteiger partial charge is 0.496 e. The molecule has 0 fully saturated rings. The van der Waals surface area contributed by atoms with Gasteiger partial charge in [-0.15, -0.1) is 0 Å². The molecule has 0 aliphatic heterocycles. The van der Waals surface area contributed by atoms with Gasteiger partial charge in [0.15, 0.2) is 0 Å². The van der Waals surface area contributed by atoms with E-state index in [1.54, 1.807) is 13.2 Å². The van der Waals surface area contributed by atoms with Gasteiger partial charge in [-0.05, 0) is 43.7 Å². The second kappa shape index (κ2) is 7.13. The van der Waals surface area contributed by atoms with Crippen LogP contribution in [0, 0.1) is 0 Å². The van der Waals surface area contributed by atoms with E-state index < -0.39 is 5.60 Å². The first-order valence-corrected chi connectivity index (χ1v) is 7.00. The SMILES string of the molecule is COc1ccc(Cl)cc1CC(C)(O)CCNC(C)C. The molecule has 2 N–H and O–H groups in total. The molecule has 0 radical (unpaired) electrons. The van der Waals surface area contributed by atoms with Gasteiger partial charge in [0.05, 0.1) is 12.7 Å². The normalized spacial score (nSPS) is 14.5. The minimum absolute atomic E-state index is 0.427. The third-order valence-electron chi connectivity index (χ3n) is 3.03. The van der Waals surface area contributed by atoms with Crippen LogP contribution in [0.4, 0.5) is 0 Å². The molecule has 1 atom stereocenters. The van der Waals surface area contributed by atoms with Crippen molar-refractivity contribution in [3.05, 3.63) is 28.8 Å². The zero-order valence-corrected chi connectivity index (χ0v) is 12.9. The highest BCUT2D eigenvalue weighted by atomic mass is 35.5.